The smallest absolute Gasteiger partial charge is 0.147 e. The molecule has 28 heavy (non-hydrogen) atoms. The largest absolute Gasteiger partial charge is 0.380 e. The lowest BCUT2D eigenvalue weighted by atomic mass is 10.1. The van der Waals surface area contributed by atoms with Crippen LogP contribution in [0.25, 0.3) is 5.57 Å². The van der Waals surface area contributed by atoms with Gasteiger partial charge < -0.3 is 15.5 Å². The Labute approximate surface area is 168 Å². The average Bonchev–Trinajstić information content (AvgIpc) is 3.09. The van der Waals surface area contributed by atoms with Crippen LogP contribution >= 0.6 is 11.6 Å². The molecule has 0 amide bonds. The minimum absolute atomic E-state index is 0.655. The molecule has 0 saturated carbocycles. The van der Waals surface area contributed by atoms with E-state index in [-0.39, 0.29) is 0 Å². The molecule has 6 nitrogen and oxygen atoms in total. The van der Waals surface area contributed by atoms with Crippen LogP contribution in [0.1, 0.15) is 16.8 Å². The van der Waals surface area contributed by atoms with E-state index in [4.69, 9.17) is 11.6 Å². The number of benzene rings is 1. The van der Waals surface area contributed by atoms with E-state index in [1.165, 1.54) is 5.56 Å². The maximum Gasteiger partial charge on any atom is 0.147 e. The van der Waals surface area contributed by atoms with Gasteiger partial charge in [0.05, 0.1) is 10.7 Å². The highest BCUT2D eigenvalue weighted by Crippen LogP contribution is 2.34. The molecule has 0 atom stereocenters. The van der Waals surface area contributed by atoms with Gasteiger partial charge in [0.25, 0.3) is 0 Å². The maximum atomic E-state index is 6.36. The molecule has 0 fully saturated rings. The van der Waals surface area contributed by atoms with Crippen LogP contribution in [0, 0.1) is 0 Å². The molecule has 0 spiro atoms. The summed E-state index contributed by atoms with van der Waals surface area (Å²) in [5.41, 5.74) is 6.51. The van der Waals surface area contributed by atoms with Crippen molar-refractivity contribution < 1.29 is 0 Å². The fraction of sp³-hybridized carbons (Fsp3) is 0.190. The summed E-state index contributed by atoms with van der Waals surface area (Å²) in [6.07, 6.45) is 4.21. The van der Waals surface area contributed by atoms with Gasteiger partial charge >= 0.3 is 0 Å². The lowest BCUT2D eigenvalue weighted by Crippen LogP contribution is -2.32. The van der Waals surface area contributed by atoms with E-state index in [0.717, 1.165) is 59.4 Å². The molecule has 0 bridgehead atoms. The standard InChI is InChI=1S/C21H19ClN6/c1-13-10-24-19-9-14(4-5-15(13)19)27-20-16-11-28(8-6-18(16)25-12-26-20)21-17(22)3-2-7-23-21/h2-5,7,9,12,24H,1,6,8,10-11H2,(H,25,26,27). The SMILES string of the molecule is C=C1CNc2cc(Nc3ncnc4c3CN(c3ncccc3Cl)CC4)ccc21. The molecule has 0 aliphatic carbocycles. The number of rotatable bonds is 3. The summed E-state index contributed by atoms with van der Waals surface area (Å²) < 4.78 is 0. The monoisotopic (exact) mass is 390 g/mol. The van der Waals surface area contributed by atoms with Crippen LogP contribution in [0.3, 0.4) is 0 Å². The summed E-state index contributed by atoms with van der Waals surface area (Å²) in [6, 6.07) is 9.95. The Morgan fingerprint density at radius 2 is 2.11 bits per heavy atom. The Kier molecular flexibility index (Phi) is 4.13. The topological polar surface area (TPSA) is 66.0 Å². The second kappa shape index (κ2) is 6.80. The van der Waals surface area contributed by atoms with Crippen molar-refractivity contribution in [3.8, 4) is 0 Å². The van der Waals surface area contributed by atoms with Gasteiger partial charge in [-0.1, -0.05) is 24.2 Å². The molecule has 2 aromatic heterocycles. The molecule has 2 N–H and O–H groups in total. The molecule has 140 valence electrons. The van der Waals surface area contributed by atoms with Crippen molar-refractivity contribution in [2.24, 2.45) is 0 Å². The van der Waals surface area contributed by atoms with Crippen LogP contribution in [0.2, 0.25) is 5.02 Å². The number of aromatic nitrogens is 3. The highest BCUT2D eigenvalue weighted by Gasteiger charge is 2.23. The molecule has 0 unspecified atom stereocenters. The van der Waals surface area contributed by atoms with Gasteiger partial charge in [0.15, 0.2) is 0 Å². The molecule has 0 saturated heterocycles. The summed E-state index contributed by atoms with van der Waals surface area (Å²) in [5.74, 6) is 1.61. The van der Waals surface area contributed by atoms with Crippen molar-refractivity contribution >= 4 is 40.2 Å². The lowest BCUT2D eigenvalue weighted by molar-refractivity contribution is 0.699. The van der Waals surface area contributed by atoms with Gasteiger partial charge in [-0.05, 0) is 29.8 Å². The van der Waals surface area contributed by atoms with Gasteiger partial charge in [-0.2, -0.15) is 0 Å². The van der Waals surface area contributed by atoms with Crippen molar-refractivity contribution in [1.82, 2.24) is 15.0 Å². The number of pyridine rings is 1. The van der Waals surface area contributed by atoms with E-state index < -0.39 is 0 Å². The van der Waals surface area contributed by atoms with E-state index in [1.807, 2.05) is 12.1 Å². The Balaban J connectivity index is 1.45. The quantitative estimate of drug-likeness (QED) is 0.696. The lowest BCUT2D eigenvalue weighted by Gasteiger charge is -2.30. The van der Waals surface area contributed by atoms with Crippen molar-refractivity contribution in [2.75, 3.05) is 28.6 Å². The first-order chi connectivity index (χ1) is 13.7. The van der Waals surface area contributed by atoms with Gasteiger partial charge in [0.1, 0.15) is 18.0 Å². The van der Waals surface area contributed by atoms with Crippen molar-refractivity contribution in [3.63, 3.8) is 0 Å². The minimum Gasteiger partial charge on any atom is -0.380 e. The summed E-state index contributed by atoms with van der Waals surface area (Å²) in [4.78, 5) is 15.6. The normalized spacial score (nSPS) is 15.0. The molecular formula is C21H19ClN6. The molecule has 7 heteroatoms. The van der Waals surface area contributed by atoms with E-state index in [1.54, 1.807) is 12.5 Å². The fourth-order valence-corrected chi connectivity index (χ4v) is 3.99. The number of hydrogen-bond donors (Lipinski definition) is 2. The molecular weight excluding hydrogens is 372 g/mol. The first kappa shape index (κ1) is 17.0. The van der Waals surface area contributed by atoms with Crippen molar-refractivity contribution in [3.05, 3.63) is 71.3 Å². The van der Waals surface area contributed by atoms with Crippen molar-refractivity contribution in [2.45, 2.75) is 13.0 Å². The third kappa shape index (κ3) is 2.96. The Morgan fingerprint density at radius 1 is 1.18 bits per heavy atom. The Hall–Kier alpha value is -3.12. The van der Waals surface area contributed by atoms with Crippen LogP contribution in [0.15, 0.2) is 49.4 Å². The summed E-state index contributed by atoms with van der Waals surface area (Å²) in [6.45, 7) is 6.36. The average molecular weight is 391 g/mol. The van der Waals surface area contributed by atoms with Crippen LogP contribution in [-0.2, 0) is 13.0 Å². The van der Waals surface area contributed by atoms with Gasteiger partial charge in [-0.25, -0.2) is 15.0 Å². The molecule has 3 aromatic rings. The first-order valence-corrected chi connectivity index (χ1v) is 9.58. The molecule has 5 rings (SSSR count). The summed E-state index contributed by atoms with van der Waals surface area (Å²) in [5, 5.41) is 7.49. The first-order valence-electron chi connectivity index (χ1n) is 9.20. The summed E-state index contributed by atoms with van der Waals surface area (Å²) >= 11 is 6.36. The number of nitrogens with one attached hydrogen (secondary N) is 2. The minimum atomic E-state index is 0.655. The van der Waals surface area contributed by atoms with Crippen LogP contribution in [0.4, 0.5) is 23.0 Å². The van der Waals surface area contributed by atoms with E-state index >= 15 is 0 Å². The zero-order chi connectivity index (χ0) is 19.1. The maximum absolute atomic E-state index is 6.36. The van der Waals surface area contributed by atoms with E-state index in [2.05, 4.69) is 55.3 Å². The van der Waals surface area contributed by atoms with Gasteiger partial charge in [0.2, 0.25) is 0 Å². The fourth-order valence-electron chi connectivity index (χ4n) is 3.75. The van der Waals surface area contributed by atoms with E-state index in [9.17, 15) is 0 Å². The summed E-state index contributed by atoms with van der Waals surface area (Å²) in [7, 11) is 0. The second-order valence-electron chi connectivity index (χ2n) is 6.97. The number of anilines is 4. The van der Waals surface area contributed by atoms with Crippen molar-refractivity contribution in [1.29, 1.82) is 0 Å². The second-order valence-corrected chi connectivity index (χ2v) is 7.38. The predicted octanol–water partition coefficient (Wildman–Crippen LogP) is 4.27. The highest BCUT2D eigenvalue weighted by atomic mass is 35.5. The molecule has 0 radical (unpaired) electrons. The third-order valence-corrected chi connectivity index (χ3v) is 5.49. The Morgan fingerprint density at radius 3 is 3.00 bits per heavy atom. The molecule has 2 aliphatic heterocycles. The van der Waals surface area contributed by atoms with E-state index in [0.29, 0.717) is 11.6 Å². The Bertz CT molecular complexity index is 1080. The van der Waals surface area contributed by atoms with Gasteiger partial charge in [0, 0.05) is 54.8 Å². The third-order valence-electron chi connectivity index (χ3n) is 5.20. The molecule has 1 aromatic carbocycles. The number of halogens is 1. The zero-order valence-electron chi connectivity index (χ0n) is 15.2. The number of fused-ring (bicyclic) bond motifs is 2. The molecule has 2 aliphatic rings. The van der Waals surface area contributed by atoms with Gasteiger partial charge in [-0.3, -0.25) is 0 Å². The highest BCUT2D eigenvalue weighted by molar-refractivity contribution is 6.32. The molecule has 4 heterocycles. The van der Waals surface area contributed by atoms with Gasteiger partial charge in [-0.15, -0.1) is 0 Å². The predicted molar refractivity (Wildman–Crippen MR) is 113 cm³/mol. The number of hydrogen-bond acceptors (Lipinski definition) is 6. The number of nitrogens with zero attached hydrogens (tertiary/aromatic N) is 4. The van der Waals surface area contributed by atoms with Crippen LogP contribution < -0.4 is 15.5 Å². The van der Waals surface area contributed by atoms with Crippen LogP contribution in [0.5, 0.6) is 0 Å². The zero-order valence-corrected chi connectivity index (χ0v) is 16.0. The van der Waals surface area contributed by atoms with Crippen LogP contribution in [-0.4, -0.2) is 28.0 Å².